The number of hydrogen-bond acceptors (Lipinski definition) is 3. The summed E-state index contributed by atoms with van der Waals surface area (Å²) in [7, 11) is -1.63. The van der Waals surface area contributed by atoms with Crippen LogP contribution in [0.1, 0.15) is 0 Å². The molecule has 0 aromatic heterocycles. The predicted molar refractivity (Wildman–Crippen MR) is 67.7 cm³/mol. The van der Waals surface area contributed by atoms with Crippen LogP contribution in [0.15, 0.2) is 73.0 Å². The maximum Gasteiger partial charge on any atom is 0.488 e. The molecule has 0 fully saturated rings. The van der Waals surface area contributed by atoms with E-state index in [9.17, 15) is 5.11 Å². The quantitative estimate of drug-likeness (QED) is 0.362. The van der Waals surface area contributed by atoms with Gasteiger partial charge in [0.25, 0.3) is 0 Å². The first-order valence-corrected chi connectivity index (χ1v) is 4.54. The molecule has 0 aliphatic rings. The van der Waals surface area contributed by atoms with E-state index in [0.29, 0.717) is 5.57 Å². The van der Waals surface area contributed by atoms with Crippen LogP contribution in [0.25, 0.3) is 0 Å². The van der Waals surface area contributed by atoms with Crippen molar-refractivity contribution in [2.75, 3.05) is 0 Å². The molecule has 0 bridgehead atoms. The van der Waals surface area contributed by atoms with Crippen LogP contribution in [0, 0.1) is 0 Å². The molecule has 0 saturated heterocycles. The highest BCUT2D eigenvalue weighted by molar-refractivity contribution is 6.51. The van der Waals surface area contributed by atoms with Gasteiger partial charge in [0.05, 0.1) is 0 Å². The fourth-order valence-corrected chi connectivity index (χ4v) is 0.904. The molecule has 0 aromatic rings. The highest BCUT2D eigenvalue weighted by Crippen LogP contribution is 2.17. The summed E-state index contributed by atoms with van der Waals surface area (Å²) in [5.74, 6) is -0.0768. The third kappa shape index (κ3) is 4.17. The largest absolute Gasteiger partial charge is 0.507 e. The summed E-state index contributed by atoms with van der Waals surface area (Å²) < 4.78 is 0. The Kier molecular flexibility index (Phi) is 5.92. The lowest BCUT2D eigenvalue weighted by molar-refractivity contribution is 0.420. The molecule has 0 aliphatic carbocycles. The predicted octanol–water partition coefficient (Wildman–Crippen LogP) is 1.85. The Balaban J connectivity index is 4.96. The molecule has 84 valence electrons. The van der Waals surface area contributed by atoms with Gasteiger partial charge in [-0.3, -0.25) is 0 Å². The minimum atomic E-state index is -1.63. The highest BCUT2D eigenvalue weighted by Gasteiger charge is 2.12. The summed E-state index contributed by atoms with van der Waals surface area (Å²) in [5, 5.41) is 27.3. The Morgan fingerprint density at radius 2 is 1.69 bits per heavy atom. The molecule has 0 rings (SSSR count). The van der Waals surface area contributed by atoms with Crippen molar-refractivity contribution < 1.29 is 15.2 Å². The summed E-state index contributed by atoms with van der Waals surface area (Å²) in [4.78, 5) is 0. The molecular formula is C12H15BO3. The molecular weight excluding hydrogens is 203 g/mol. The highest BCUT2D eigenvalue weighted by atomic mass is 16.4. The van der Waals surface area contributed by atoms with Crippen LogP contribution in [0.3, 0.4) is 0 Å². The molecule has 0 atom stereocenters. The molecule has 0 amide bonds. The van der Waals surface area contributed by atoms with E-state index in [4.69, 9.17) is 10.0 Å². The van der Waals surface area contributed by atoms with Gasteiger partial charge in [-0.2, -0.15) is 0 Å². The van der Waals surface area contributed by atoms with Crippen molar-refractivity contribution in [1.29, 1.82) is 0 Å². The fourth-order valence-electron chi connectivity index (χ4n) is 0.904. The average Bonchev–Trinajstić information content (AvgIpc) is 2.24. The van der Waals surface area contributed by atoms with E-state index < -0.39 is 7.12 Å². The van der Waals surface area contributed by atoms with E-state index in [2.05, 4.69) is 26.3 Å². The zero-order valence-corrected chi connectivity index (χ0v) is 9.06. The standard InChI is InChI=1S/C12H15BO3/c1-5-7-12(14)10(4)9(3)8-11(6-2)13(15)16/h5-8,14-16H,1-4H2/b11-8+,12-7+. The molecule has 0 spiro atoms. The van der Waals surface area contributed by atoms with Crippen molar-refractivity contribution in [3.8, 4) is 0 Å². The Morgan fingerprint density at radius 3 is 2.06 bits per heavy atom. The van der Waals surface area contributed by atoms with Gasteiger partial charge < -0.3 is 15.2 Å². The van der Waals surface area contributed by atoms with Gasteiger partial charge in [-0.25, -0.2) is 0 Å². The lowest BCUT2D eigenvalue weighted by atomic mass is 9.78. The van der Waals surface area contributed by atoms with Crippen LogP contribution in [0.4, 0.5) is 0 Å². The van der Waals surface area contributed by atoms with Crippen molar-refractivity contribution in [2.45, 2.75) is 0 Å². The Hall–Kier alpha value is -1.78. The van der Waals surface area contributed by atoms with E-state index in [-0.39, 0.29) is 16.8 Å². The first-order valence-electron chi connectivity index (χ1n) is 4.54. The second-order valence-corrected chi connectivity index (χ2v) is 3.01. The van der Waals surface area contributed by atoms with Crippen molar-refractivity contribution >= 4 is 7.12 Å². The first-order chi connectivity index (χ1) is 7.43. The molecule has 0 saturated carbocycles. The first kappa shape index (κ1) is 14.2. The number of aliphatic hydroxyl groups excluding tert-OH is 1. The zero-order chi connectivity index (χ0) is 12.7. The minimum Gasteiger partial charge on any atom is -0.507 e. The van der Waals surface area contributed by atoms with E-state index in [1.165, 1.54) is 24.3 Å². The molecule has 3 nitrogen and oxygen atoms in total. The molecule has 0 aliphatic heterocycles. The van der Waals surface area contributed by atoms with E-state index in [0.717, 1.165) is 0 Å². The molecule has 0 radical (unpaired) electrons. The number of aliphatic hydroxyl groups is 1. The van der Waals surface area contributed by atoms with Gasteiger partial charge in [-0.15, -0.1) is 0 Å². The van der Waals surface area contributed by atoms with Gasteiger partial charge in [0.1, 0.15) is 5.76 Å². The van der Waals surface area contributed by atoms with Crippen LogP contribution in [-0.2, 0) is 0 Å². The van der Waals surface area contributed by atoms with Crippen LogP contribution in [-0.4, -0.2) is 22.3 Å². The molecule has 0 unspecified atom stereocenters. The van der Waals surface area contributed by atoms with Gasteiger partial charge in [0.2, 0.25) is 0 Å². The number of hydrogen-bond donors (Lipinski definition) is 3. The van der Waals surface area contributed by atoms with Gasteiger partial charge in [0.15, 0.2) is 0 Å². The SMILES string of the molecule is C=C/C=C(/O)C(=C)C(=C)/C=C(\C=C)B(O)O. The summed E-state index contributed by atoms with van der Waals surface area (Å²) in [6.07, 6.45) is 5.45. The van der Waals surface area contributed by atoms with Crippen molar-refractivity contribution in [3.63, 3.8) is 0 Å². The van der Waals surface area contributed by atoms with Gasteiger partial charge in [0, 0.05) is 5.57 Å². The zero-order valence-electron chi connectivity index (χ0n) is 9.06. The monoisotopic (exact) mass is 218 g/mol. The topological polar surface area (TPSA) is 60.7 Å². The van der Waals surface area contributed by atoms with Crippen LogP contribution < -0.4 is 0 Å². The summed E-state index contributed by atoms with van der Waals surface area (Å²) in [6, 6.07) is 0. The molecule has 16 heavy (non-hydrogen) atoms. The van der Waals surface area contributed by atoms with Gasteiger partial charge >= 0.3 is 7.12 Å². The Morgan fingerprint density at radius 1 is 1.12 bits per heavy atom. The smallest absolute Gasteiger partial charge is 0.488 e. The maximum absolute atomic E-state index is 9.46. The summed E-state index contributed by atoms with van der Waals surface area (Å²) >= 11 is 0. The van der Waals surface area contributed by atoms with Crippen molar-refractivity contribution in [1.82, 2.24) is 0 Å². The normalized spacial score (nSPS) is 11.9. The summed E-state index contributed by atoms with van der Waals surface area (Å²) in [5.41, 5.74) is 0.816. The average molecular weight is 218 g/mol. The maximum atomic E-state index is 9.46. The van der Waals surface area contributed by atoms with Crippen LogP contribution in [0.2, 0.25) is 0 Å². The molecule has 0 heterocycles. The lowest BCUT2D eigenvalue weighted by Gasteiger charge is -2.06. The van der Waals surface area contributed by atoms with E-state index in [1.807, 2.05) is 0 Å². The Labute approximate surface area is 95.9 Å². The van der Waals surface area contributed by atoms with Crippen LogP contribution >= 0.6 is 0 Å². The van der Waals surface area contributed by atoms with E-state index >= 15 is 0 Å². The second kappa shape index (κ2) is 6.66. The van der Waals surface area contributed by atoms with Crippen molar-refractivity contribution in [3.05, 3.63) is 73.0 Å². The fraction of sp³-hybridized carbons (Fsp3) is 0. The second-order valence-electron chi connectivity index (χ2n) is 3.01. The van der Waals surface area contributed by atoms with Gasteiger partial charge in [-0.05, 0) is 17.1 Å². The number of allylic oxidation sites excluding steroid dienone is 6. The van der Waals surface area contributed by atoms with Gasteiger partial charge in [-0.1, -0.05) is 44.5 Å². The summed E-state index contributed by atoms with van der Waals surface area (Å²) in [6.45, 7) is 14.1. The Bertz CT molecular complexity index is 376. The van der Waals surface area contributed by atoms with E-state index in [1.54, 1.807) is 0 Å². The molecule has 0 aromatic carbocycles. The van der Waals surface area contributed by atoms with Crippen molar-refractivity contribution in [2.24, 2.45) is 0 Å². The molecule has 3 N–H and O–H groups in total. The lowest BCUT2D eigenvalue weighted by Crippen LogP contribution is -2.14. The minimum absolute atomic E-state index is 0.0768. The third-order valence-electron chi connectivity index (χ3n) is 1.85. The van der Waals surface area contributed by atoms with Crippen LogP contribution in [0.5, 0.6) is 0 Å². The molecule has 4 heteroatoms. The number of rotatable bonds is 6. The third-order valence-corrected chi connectivity index (χ3v) is 1.85.